The van der Waals surface area contributed by atoms with Gasteiger partial charge in [-0.05, 0) is 0 Å². The van der Waals surface area contributed by atoms with Gasteiger partial charge in [-0.1, -0.05) is 0 Å². The van der Waals surface area contributed by atoms with Crippen LogP contribution in [0.2, 0.25) is 4.47 Å². The van der Waals surface area contributed by atoms with Gasteiger partial charge in [-0.15, -0.1) is 0 Å². The van der Waals surface area contributed by atoms with E-state index in [1.807, 2.05) is 36.4 Å². The zero-order chi connectivity index (χ0) is 19.3. The molecule has 0 fully saturated rings. The standard InChI is InChI=1S/C23H18O4Te/c24-19-13-17(26-11-12-28-18-9-5-2-6-10-18)14-22-23(19)20(25)15-21(27-22)16-7-3-1-4-8-16/h1-10,13-15,24H,11-12H2. The van der Waals surface area contributed by atoms with Gasteiger partial charge in [-0.2, -0.15) is 0 Å². The SMILES string of the molecule is O=c1cc(-c2ccccc2)oc2cc(OCC[Te]c3ccccc3)cc(O)c12. The summed E-state index contributed by atoms with van der Waals surface area (Å²) in [4.78, 5) is 12.5. The molecule has 1 aromatic heterocycles. The third kappa shape index (κ3) is 4.22. The van der Waals surface area contributed by atoms with Crippen LogP contribution in [0.15, 0.2) is 88.1 Å². The summed E-state index contributed by atoms with van der Waals surface area (Å²) < 4.78 is 14.1. The molecule has 1 heterocycles. The summed E-state index contributed by atoms with van der Waals surface area (Å²) in [6.45, 7) is 0.560. The summed E-state index contributed by atoms with van der Waals surface area (Å²) in [5.41, 5.74) is 0.849. The normalized spacial score (nSPS) is 10.9. The van der Waals surface area contributed by atoms with Crippen LogP contribution in [-0.2, 0) is 0 Å². The number of phenols is 1. The van der Waals surface area contributed by atoms with Crippen LogP contribution in [-0.4, -0.2) is 32.6 Å². The van der Waals surface area contributed by atoms with Gasteiger partial charge in [0.2, 0.25) is 0 Å². The van der Waals surface area contributed by atoms with E-state index in [-0.39, 0.29) is 37.5 Å². The number of rotatable bonds is 6. The minimum absolute atomic E-state index is 0.125. The molecule has 28 heavy (non-hydrogen) atoms. The second-order valence-electron chi connectivity index (χ2n) is 6.17. The van der Waals surface area contributed by atoms with Crippen LogP contribution in [0.1, 0.15) is 0 Å². The van der Waals surface area contributed by atoms with E-state index in [4.69, 9.17) is 9.15 Å². The topological polar surface area (TPSA) is 59.7 Å². The van der Waals surface area contributed by atoms with E-state index in [0.29, 0.717) is 23.7 Å². The predicted octanol–water partition coefficient (Wildman–Crippen LogP) is 3.99. The van der Waals surface area contributed by atoms with Crippen molar-refractivity contribution in [2.24, 2.45) is 0 Å². The molecule has 3 aromatic carbocycles. The molecule has 0 radical (unpaired) electrons. The van der Waals surface area contributed by atoms with E-state index in [2.05, 4.69) is 24.3 Å². The van der Waals surface area contributed by atoms with E-state index < -0.39 is 0 Å². The summed E-state index contributed by atoms with van der Waals surface area (Å²) in [7, 11) is 0. The first-order valence-corrected chi connectivity index (χ1v) is 11.7. The van der Waals surface area contributed by atoms with Gasteiger partial charge in [-0.3, -0.25) is 0 Å². The van der Waals surface area contributed by atoms with E-state index in [0.717, 1.165) is 10.0 Å². The van der Waals surface area contributed by atoms with Crippen molar-refractivity contribution in [3.8, 4) is 22.8 Å². The molecule has 140 valence electrons. The number of fused-ring (bicyclic) bond motifs is 1. The van der Waals surface area contributed by atoms with Gasteiger partial charge in [0.05, 0.1) is 0 Å². The first-order valence-electron chi connectivity index (χ1n) is 8.87. The molecule has 0 amide bonds. The third-order valence-electron chi connectivity index (χ3n) is 4.21. The second kappa shape index (κ2) is 8.52. The van der Waals surface area contributed by atoms with Crippen molar-refractivity contribution in [1.29, 1.82) is 0 Å². The van der Waals surface area contributed by atoms with Gasteiger partial charge in [0, 0.05) is 0 Å². The van der Waals surface area contributed by atoms with Crippen molar-refractivity contribution in [2.75, 3.05) is 6.61 Å². The molecule has 0 atom stereocenters. The average Bonchev–Trinajstić information content (AvgIpc) is 2.72. The molecule has 1 N–H and O–H groups in total. The van der Waals surface area contributed by atoms with Gasteiger partial charge >= 0.3 is 173 Å². The van der Waals surface area contributed by atoms with Gasteiger partial charge in [0.25, 0.3) is 0 Å². The molecule has 0 aliphatic rings. The maximum atomic E-state index is 12.5. The maximum absolute atomic E-state index is 12.5. The van der Waals surface area contributed by atoms with Gasteiger partial charge in [-0.25, -0.2) is 0 Å². The summed E-state index contributed by atoms with van der Waals surface area (Å²) in [6.07, 6.45) is 0. The fraction of sp³-hybridized carbons (Fsp3) is 0.0870. The van der Waals surface area contributed by atoms with Gasteiger partial charge in [0.15, 0.2) is 0 Å². The van der Waals surface area contributed by atoms with Crippen molar-refractivity contribution >= 4 is 35.5 Å². The molecule has 0 saturated carbocycles. The number of aromatic hydroxyl groups is 1. The van der Waals surface area contributed by atoms with Crippen molar-refractivity contribution in [3.63, 3.8) is 0 Å². The summed E-state index contributed by atoms with van der Waals surface area (Å²) in [5.74, 6) is 0.838. The van der Waals surface area contributed by atoms with Crippen LogP contribution in [0.5, 0.6) is 11.5 Å². The Balaban J connectivity index is 1.55. The van der Waals surface area contributed by atoms with Crippen LogP contribution in [0.25, 0.3) is 22.3 Å². The molecule has 0 bridgehead atoms. The monoisotopic (exact) mass is 488 g/mol. The predicted molar refractivity (Wildman–Crippen MR) is 112 cm³/mol. The summed E-state index contributed by atoms with van der Waals surface area (Å²) in [6, 6.07) is 24.4. The Kier molecular flexibility index (Phi) is 5.66. The molecule has 0 saturated heterocycles. The molecule has 4 aromatic rings. The first kappa shape index (κ1) is 18.6. The Hall–Kier alpha value is -2.74. The Morgan fingerprint density at radius 3 is 2.39 bits per heavy atom. The van der Waals surface area contributed by atoms with E-state index in [9.17, 15) is 9.90 Å². The summed E-state index contributed by atoms with van der Waals surface area (Å²) >= 11 is -0.304. The van der Waals surface area contributed by atoms with Gasteiger partial charge in [0.1, 0.15) is 0 Å². The molecule has 5 heteroatoms. The van der Waals surface area contributed by atoms with Crippen LogP contribution in [0.3, 0.4) is 0 Å². The molecule has 0 unspecified atom stereocenters. The van der Waals surface area contributed by atoms with Crippen LogP contribution in [0.4, 0.5) is 0 Å². The Labute approximate surface area is 172 Å². The number of hydrogen-bond acceptors (Lipinski definition) is 4. The molecule has 4 nitrogen and oxygen atoms in total. The minimum atomic E-state index is -0.304. The summed E-state index contributed by atoms with van der Waals surface area (Å²) in [5, 5.41) is 10.5. The van der Waals surface area contributed by atoms with Crippen molar-refractivity contribution in [2.45, 2.75) is 4.47 Å². The Bertz CT molecular complexity index is 1140. The fourth-order valence-electron chi connectivity index (χ4n) is 2.91. The van der Waals surface area contributed by atoms with Crippen LogP contribution in [0, 0.1) is 0 Å². The van der Waals surface area contributed by atoms with Crippen molar-refractivity contribution < 1.29 is 14.3 Å². The molecule has 4 rings (SSSR count). The van der Waals surface area contributed by atoms with Gasteiger partial charge < -0.3 is 0 Å². The number of phenolic OH excluding ortho intramolecular Hbond substituents is 1. The number of ether oxygens (including phenoxy) is 1. The van der Waals surface area contributed by atoms with Crippen LogP contribution >= 0.6 is 0 Å². The average molecular weight is 486 g/mol. The fourth-order valence-corrected chi connectivity index (χ4v) is 5.05. The zero-order valence-corrected chi connectivity index (χ0v) is 17.3. The molecule has 0 aliphatic carbocycles. The zero-order valence-electron chi connectivity index (χ0n) is 15.0. The van der Waals surface area contributed by atoms with Crippen LogP contribution < -0.4 is 13.8 Å². The quantitative estimate of drug-likeness (QED) is 0.331. The van der Waals surface area contributed by atoms with E-state index in [1.165, 1.54) is 15.7 Å². The first-order chi connectivity index (χ1) is 13.7. The number of benzene rings is 3. The molecule has 0 aliphatic heterocycles. The second-order valence-corrected chi connectivity index (χ2v) is 9.50. The number of hydrogen-bond donors (Lipinski definition) is 1. The third-order valence-corrected chi connectivity index (χ3v) is 6.99. The van der Waals surface area contributed by atoms with E-state index in [1.54, 1.807) is 6.07 Å². The molecular formula is C23H18O4Te. The van der Waals surface area contributed by atoms with E-state index >= 15 is 0 Å². The Morgan fingerprint density at radius 1 is 0.929 bits per heavy atom. The van der Waals surface area contributed by atoms with Crippen molar-refractivity contribution in [3.05, 3.63) is 89.1 Å². The Morgan fingerprint density at radius 2 is 1.64 bits per heavy atom. The molecule has 0 spiro atoms. The molecular weight excluding hydrogens is 468 g/mol. The van der Waals surface area contributed by atoms with Crippen molar-refractivity contribution in [1.82, 2.24) is 0 Å².